The molecule has 3 aliphatic rings. The van der Waals surface area contributed by atoms with Crippen LogP contribution in [0.15, 0.2) is 0 Å². The highest BCUT2D eigenvalue weighted by Gasteiger charge is 2.37. The lowest BCUT2D eigenvalue weighted by Gasteiger charge is -2.43. The molecule has 1 saturated heterocycles. The van der Waals surface area contributed by atoms with E-state index in [1.54, 1.807) is 0 Å². The van der Waals surface area contributed by atoms with Gasteiger partial charge in [-0.25, -0.2) is 0 Å². The van der Waals surface area contributed by atoms with E-state index in [0.29, 0.717) is 0 Å². The summed E-state index contributed by atoms with van der Waals surface area (Å²) in [6.07, 6.45) is 11.9. The van der Waals surface area contributed by atoms with Crippen molar-refractivity contribution in [3.63, 3.8) is 0 Å². The van der Waals surface area contributed by atoms with Gasteiger partial charge in [-0.15, -0.1) is 0 Å². The fourth-order valence-corrected chi connectivity index (χ4v) is 4.46. The van der Waals surface area contributed by atoms with Crippen molar-refractivity contribution in [1.82, 2.24) is 10.2 Å². The molecule has 0 aromatic rings. The van der Waals surface area contributed by atoms with E-state index < -0.39 is 0 Å². The molecular weight excluding hydrogens is 244 g/mol. The Morgan fingerprint density at radius 3 is 2.50 bits per heavy atom. The first-order valence-corrected chi connectivity index (χ1v) is 9.21. The highest BCUT2D eigenvalue weighted by molar-refractivity contribution is 4.95. The van der Waals surface area contributed by atoms with Gasteiger partial charge in [-0.1, -0.05) is 39.5 Å². The van der Waals surface area contributed by atoms with Crippen molar-refractivity contribution in [1.29, 1.82) is 0 Å². The zero-order chi connectivity index (χ0) is 13.9. The maximum atomic E-state index is 3.83. The molecule has 116 valence electrons. The van der Waals surface area contributed by atoms with Gasteiger partial charge in [-0.3, -0.25) is 4.90 Å². The number of piperazine rings is 1. The Morgan fingerprint density at radius 2 is 1.85 bits per heavy atom. The van der Waals surface area contributed by atoms with Gasteiger partial charge in [0, 0.05) is 25.2 Å². The molecule has 2 nitrogen and oxygen atoms in total. The summed E-state index contributed by atoms with van der Waals surface area (Å²) in [5.41, 5.74) is 0. The molecule has 0 aromatic heterocycles. The van der Waals surface area contributed by atoms with Crippen molar-refractivity contribution in [2.75, 3.05) is 19.6 Å². The Kier molecular flexibility index (Phi) is 5.04. The highest BCUT2D eigenvalue weighted by Crippen LogP contribution is 2.35. The standard InChI is InChI=1S/C18H34N2/c1-14(2)18-12-19-17(16-9-10-16)13-20(18)11-5-8-15-6-3-4-7-15/h14-19H,3-13H2,1-2H3. The van der Waals surface area contributed by atoms with Crippen molar-refractivity contribution in [3.05, 3.63) is 0 Å². The predicted molar refractivity (Wildman–Crippen MR) is 85.9 cm³/mol. The van der Waals surface area contributed by atoms with Crippen LogP contribution < -0.4 is 5.32 Å². The van der Waals surface area contributed by atoms with E-state index in [1.165, 1.54) is 71.0 Å². The minimum Gasteiger partial charge on any atom is -0.311 e. The summed E-state index contributed by atoms with van der Waals surface area (Å²) in [5.74, 6) is 2.85. The van der Waals surface area contributed by atoms with Gasteiger partial charge >= 0.3 is 0 Å². The summed E-state index contributed by atoms with van der Waals surface area (Å²) in [5, 5.41) is 3.83. The summed E-state index contributed by atoms with van der Waals surface area (Å²) in [4.78, 5) is 2.83. The van der Waals surface area contributed by atoms with E-state index in [2.05, 4.69) is 24.1 Å². The summed E-state index contributed by atoms with van der Waals surface area (Å²) in [6.45, 7) is 8.69. The Labute approximate surface area is 125 Å². The summed E-state index contributed by atoms with van der Waals surface area (Å²) in [6, 6.07) is 1.57. The molecule has 0 bridgehead atoms. The van der Waals surface area contributed by atoms with Crippen LogP contribution in [-0.4, -0.2) is 36.6 Å². The van der Waals surface area contributed by atoms with Crippen molar-refractivity contribution in [3.8, 4) is 0 Å². The van der Waals surface area contributed by atoms with Crippen molar-refractivity contribution in [2.45, 2.75) is 77.3 Å². The lowest BCUT2D eigenvalue weighted by atomic mass is 9.95. The van der Waals surface area contributed by atoms with Gasteiger partial charge in [0.25, 0.3) is 0 Å². The maximum absolute atomic E-state index is 3.83. The Morgan fingerprint density at radius 1 is 1.10 bits per heavy atom. The second-order valence-corrected chi connectivity index (χ2v) is 7.95. The Hall–Kier alpha value is -0.0800. The SMILES string of the molecule is CC(C)C1CNC(C2CC2)CN1CCCC1CCCC1. The molecule has 0 aromatic carbocycles. The van der Waals surface area contributed by atoms with E-state index in [0.717, 1.165) is 29.8 Å². The molecule has 2 atom stereocenters. The topological polar surface area (TPSA) is 15.3 Å². The Bertz CT molecular complexity index is 292. The van der Waals surface area contributed by atoms with Crippen LogP contribution in [0.5, 0.6) is 0 Å². The molecule has 3 fully saturated rings. The quantitative estimate of drug-likeness (QED) is 0.797. The minimum absolute atomic E-state index is 0.772. The molecule has 0 radical (unpaired) electrons. The second-order valence-electron chi connectivity index (χ2n) is 7.95. The largest absolute Gasteiger partial charge is 0.311 e. The zero-order valence-electron chi connectivity index (χ0n) is 13.6. The molecule has 1 N–H and O–H groups in total. The van der Waals surface area contributed by atoms with Crippen LogP contribution in [0.4, 0.5) is 0 Å². The van der Waals surface area contributed by atoms with Crippen LogP contribution in [0.3, 0.4) is 0 Å². The molecule has 1 aliphatic heterocycles. The molecule has 0 amide bonds. The average Bonchev–Trinajstić information content (AvgIpc) is 3.16. The summed E-state index contributed by atoms with van der Waals surface area (Å²) in [7, 11) is 0. The molecule has 2 aliphatic carbocycles. The monoisotopic (exact) mass is 278 g/mol. The molecule has 3 rings (SSSR count). The minimum atomic E-state index is 0.772. The van der Waals surface area contributed by atoms with Gasteiger partial charge in [0.05, 0.1) is 0 Å². The zero-order valence-corrected chi connectivity index (χ0v) is 13.6. The van der Waals surface area contributed by atoms with E-state index in [4.69, 9.17) is 0 Å². The molecule has 20 heavy (non-hydrogen) atoms. The third-order valence-electron chi connectivity index (χ3n) is 5.98. The first-order chi connectivity index (χ1) is 9.74. The third kappa shape index (κ3) is 3.76. The third-order valence-corrected chi connectivity index (χ3v) is 5.98. The first-order valence-electron chi connectivity index (χ1n) is 9.21. The van der Waals surface area contributed by atoms with Gasteiger partial charge in [0.1, 0.15) is 0 Å². The van der Waals surface area contributed by atoms with Gasteiger partial charge in [-0.05, 0) is 50.0 Å². The van der Waals surface area contributed by atoms with Gasteiger partial charge in [0.2, 0.25) is 0 Å². The molecular formula is C18H34N2. The van der Waals surface area contributed by atoms with Crippen LogP contribution in [0, 0.1) is 17.8 Å². The summed E-state index contributed by atoms with van der Waals surface area (Å²) >= 11 is 0. The number of rotatable bonds is 6. The Balaban J connectivity index is 1.46. The fourth-order valence-electron chi connectivity index (χ4n) is 4.46. The van der Waals surface area contributed by atoms with E-state index >= 15 is 0 Å². The molecule has 2 unspecified atom stereocenters. The van der Waals surface area contributed by atoms with Crippen LogP contribution in [0.2, 0.25) is 0 Å². The van der Waals surface area contributed by atoms with Crippen molar-refractivity contribution in [2.24, 2.45) is 17.8 Å². The number of nitrogens with zero attached hydrogens (tertiary/aromatic N) is 1. The lowest BCUT2D eigenvalue weighted by Crippen LogP contribution is -2.59. The second kappa shape index (κ2) is 6.79. The summed E-state index contributed by atoms with van der Waals surface area (Å²) < 4.78 is 0. The van der Waals surface area contributed by atoms with Crippen LogP contribution in [-0.2, 0) is 0 Å². The number of nitrogens with one attached hydrogen (secondary N) is 1. The van der Waals surface area contributed by atoms with Crippen LogP contribution >= 0.6 is 0 Å². The fraction of sp³-hybridized carbons (Fsp3) is 1.00. The maximum Gasteiger partial charge on any atom is 0.0244 e. The average molecular weight is 278 g/mol. The predicted octanol–water partition coefficient (Wildman–Crippen LogP) is 3.67. The lowest BCUT2D eigenvalue weighted by molar-refractivity contribution is 0.0892. The first kappa shape index (κ1) is 14.8. The van der Waals surface area contributed by atoms with Crippen molar-refractivity contribution >= 4 is 0 Å². The number of hydrogen-bond acceptors (Lipinski definition) is 2. The molecule has 2 saturated carbocycles. The molecule has 0 spiro atoms. The van der Waals surface area contributed by atoms with E-state index in [-0.39, 0.29) is 0 Å². The van der Waals surface area contributed by atoms with Gasteiger partial charge < -0.3 is 5.32 Å². The van der Waals surface area contributed by atoms with Gasteiger partial charge in [0.15, 0.2) is 0 Å². The highest BCUT2D eigenvalue weighted by atomic mass is 15.2. The van der Waals surface area contributed by atoms with Crippen LogP contribution in [0.25, 0.3) is 0 Å². The number of hydrogen-bond donors (Lipinski definition) is 1. The van der Waals surface area contributed by atoms with Crippen LogP contribution in [0.1, 0.15) is 65.2 Å². The van der Waals surface area contributed by atoms with Crippen molar-refractivity contribution < 1.29 is 0 Å². The normalized spacial score (nSPS) is 33.1. The van der Waals surface area contributed by atoms with E-state index in [9.17, 15) is 0 Å². The molecule has 1 heterocycles. The molecule has 2 heteroatoms. The van der Waals surface area contributed by atoms with E-state index in [1.807, 2.05) is 0 Å². The van der Waals surface area contributed by atoms with Gasteiger partial charge in [-0.2, -0.15) is 0 Å². The smallest absolute Gasteiger partial charge is 0.0244 e.